The second-order valence-corrected chi connectivity index (χ2v) is 8.41. The maximum absolute atomic E-state index is 4.81. The molecule has 2 fully saturated rings. The van der Waals surface area contributed by atoms with Crippen LogP contribution in [0.5, 0.6) is 0 Å². The van der Waals surface area contributed by atoms with Crippen LogP contribution in [-0.2, 0) is 42.0 Å². The van der Waals surface area contributed by atoms with Crippen LogP contribution in [0.2, 0.25) is 0 Å². The summed E-state index contributed by atoms with van der Waals surface area (Å²) in [6.07, 6.45) is 7.19. The molecule has 0 aromatic rings. The van der Waals surface area contributed by atoms with Crippen molar-refractivity contribution in [2.75, 3.05) is 13.1 Å². The average molecular weight is 438 g/mol. The third-order valence-electron chi connectivity index (χ3n) is 3.99. The van der Waals surface area contributed by atoms with Crippen molar-refractivity contribution in [3.63, 3.8) is 0 Å². The van der Waals surface area contributed by atoms with E-state index in [1.165, 1.54) is 25.7 Å². The Kier molecular flexibility index (Phi) is 11.6. The molecule has 0 aromatic heterocycles. The van der Waals surface area contributed by atoms with Gasteiger partial charge in [-0.1, -0.05) is 8.64 Å². The minimum Gasteiger partial charge on any atom is -0.412 e. The van der Waals surface area contributed by atoms with E-state index in [1.54, 1.807) is 0 Å². The van der Waals surface area contributed by atoms with Gasteiger partial charge in [-0.25, -0.2) is 0 Å². The number of nitrogens with one attached hydrogen (secondary N) is 4. The Morgan fingerprint density at radius 1 is 0.826 bits per heavy atom. The van der Waals surface area contributed by atoms with E-state index < -0.39 is 0 Å². The molecule has 2 heterocycles. The van der Waals surface area contributed by atoms with Crippen LogP contribution in [0.25, 0.3) is 0 Å². The SMILES string of the molecule is CC1(NC(=S)[S-])CCCCN1.CC1(NC(=S)[S-])CCCCN1.[Co+2]. The van der Waals surface area contributed by atoms with E-state index >= 15 is 0 Å². The summed E-state index contributed by atoms with van der Waals surface area (Å²) < 4.78 is 0.920. The molecule has 0 aliphatic carbocycles. The molecule has 2 aliphatic heterocycles. The van der Waals surface area contributed by atoms with E-state index in [1.807, 2.05) is 0 Å². The first kappa shape index (κ1) is 23.6. The number of hydrogen-bond donors (Lipinski definition) is 4. The van der Waals surface area contributed by atoms with Crippen molar-refractivity contribution < 1.29 is 16.8 Å². The summed E-state index contributed by atoms with van der Waals surface area (Å²) in [6.45, 7) is 6.32. The first-order valence-electron chi connectivity index (χ1n) is 7.73. The minimum absolute atomic E-state index is 0. The zero-order valence-corrected chi connectivity index (χ0v) is 17.9. The first-order chi connectivity index (χ1) is 10.2. The Labute approximate surface area is 172 Å². The maximum atomic E-state index is 4.81. The minimum atomic E-state index is -0.0446. The average Bonchev–Trinajstić information content (AvgIpc) is 2.38. The summed E-state index contributed by atoms with van der Waals surface area (Å²) in [6, 6.07) is 0. The number of thiocarbonyl (C=S) groups is 2. The van der Waals surface area contributed by atoms with E-state index in [4.69, 9.17) is 49.7 Å². The fourth-order valence-electron chi connectivity index (χ4n) is 2.78. The first-order valence-corrected chi connectivity index (χ1v) is 9.36. The van der Waals surface area contributed by atoms with Crippen LogP contribution in [0, 0.1) is 0 Å². The van der Waals surface area contributed by atoms with Crippen molar-refractivity contribution >= 4 is 58.3 Å². The summed E-state index contributed by atoms with van der Waals surface area (Å²) in [5.41, 5.74) is -0.0891. The molecule has 23 heavy (non-hydrogen) atoms. The topological polar surface area (TPSA) is 48.1 Å². The van der Waals surface area contributed by atoms with Gasteiger partial charge in [-0.2, -0.15) is 0 Å². The molecule has 1 radical (unpaired) electrons. The van der Waals surface area contributed by atoms with Gasteiger partial charge < -0.3 is 60.3 Å². The summed E-state index contributed by atoms with van der Waals surface area (Å²) >= 11 is 19.2. The molecule has 2 saturated heterocycles. The van der Waals surface area contributed by atoms with E-state index in [2.05, 4.69) is 35.1 Å². The number of rotatable bonds is 2. The van der Waals surface area contributed by atoms with Gasteiger partial charge in [0.2, 0.25) is 0 Å². The number of hydrogen-bond acceptors (Lipinski definition) is 6. The predicted molar refractivity (Wildman–Crippen MR) is 107 cm³/mol. The molecule has 2 rings (SSSR count). The third-order valence-corrected chi connectivity index (χ3v) is 4.40. The molecule has 0 bridgehead atoms. The Bertz CT molecular complexity index is 347. The largest absolute Gasteiger partial charge is 2.00 e. The predicted octanol–water partition coefficient (Wildman–Crippen LogP) is 1.79. The Balaban J connectivity index is 0.000000403. The fraction of sp³-hybridized carbons (Fsp3) is 0.857. The van der Waals surface area contributed by atoms with Gasteiger partial charge in [0.25, 0.3) is 0 Å². The molecule has 2 atom stereocenters. The Hall–Kier alpha value is 0.646. The maximum Gasteiger partial charge on any atom is 2.00 e. The molecular weight excluding hydrogens is 411 g/mol. The molecule has 4 N–H and O–H groups in total. The van der Waals surface area contributed by atoms with Crippen molar-refractivity contribution in [3.05, 3.63) is 0 Å². The molecule has 0 amide bonds. The van der Waals surface area contributed by atoms with E-state index in [9.17, 15) is 0 Å². The molecule has 0 aromatic carbocycles. The van der Waals surface area contributed by atoms with Crippen LogP contribution in [0.4, 0.5) is 0 Å². The van der Waals surface area contributed by atoms with Gasteiger partial charge in [0.1, 0.15) is 0 Å². The third kappa shape index (κ3) is 10.3. The standard InChI is InChI=1S/2C7H14N2S2.Co/c2*1-7(9-6(10)11)4-2-3-5-8-7;/h2*8H,2-5H2,1H3,(H2,9,10,11);/q;;+2/p-2. The van der Waals surface area contributed by atoms with Gasteiger partial charge >= 0.3 is 16.8 Å². The van der Waals surface area contributed by atoms with Crippen molar-refractivity contribution in [1.82, 2.24) is 21.3 Å². The molecule has 0 spiro atoms. The van der Waals surface area contributed by atoms with Crippen LogP contribution < -0.4 is 21.3 Å². The van der Waals surface area contributed by atoms with Crippen LogP contribution >= 0.6 is 24.4 Å². The van der Waals surface area contributed by atoms with Gasteiger partial charge in [-0.05, 0) is 65.5 Å². The summed E-state index contributed by atoms with van der Waals surface area (Å²) in [5.74, 6) is 0. The normalized spacial score (nSPS) is 30.0. The second-order valence-electron chi connectivity index (χ2n) is 6.26. The summed E-state index contributed by atoms with van der Waals surface area (Å²) in [5, 5.41) is 12.9. The quantitative estimate of drug-likeness (QED) is 0.386. The van der Waals surface area contributed by atoms with Gasteiger partial charge in [0, 0.05) is 0 Å². The van der Waals surface area contributed by atoms with Crippen molar-refractivity contribution in [1.29, 1.82) is 0 Å². The molecular formula is C14H26CoN4S4. The zero-order valence-electron chi connectivity index (χ0n) is 13.6. The summed E-state index contributed by atoms with van der Waals surface area (Å²) in [7, 11) is 0. The van der Waals surface area contributed by atoms with Crippen LogP contribution in [0.1, 0.15) is 52.4 Å². The Morgan fingerprint density at radius 2 is 1.17 bits per heavy atom. The monoisotopic (exact) mass is 437 g/mol. The Morgan fingerprint density at radius 3 is 1.39 bits per heavy atom. The molecule has 9 heteroatoms. The second kappa shape index (κ2) is 11.3. The molecule has 0 saturated carbocycles. The van der Waals surface area contributed by atoms with Crippen molar-refractivity contribution in [2.24, 2.45) is 0 Å². The van der Waals surface area contributed by atoms with E-state index in [-0.39, 0.29) is 28.1 Å². The van der Waals surface area contributed by atoms with Gasteiger partial charge in [0.15, 0.2) is 0 Å². The van der Waals surface area contributed by atoms with Crippen LogP contribution in [0.3, 0.4) is 0 Å². The van der Waals surface area contributed by atoms with Crippen molar-refractivity contribution in [2.45, 2.75) is 63.7 Å². The van der Waals surface area contributed by atoms with Gasteiger partial charge in [-0.15, -0.1) is 0 Å². The summed E-state index contributed by atoms with van der Waals surface area (Å²) in [4.78, 5) is 0. The number of piperidine rings is 2. The van der Waals surface area contributed by atoms with Crippen LogP contribution in [-0.4, -0.2) is 33.1 Å². The molecule has 135 valence electrons. The molecule has 2 unspecified atom stereocenters. The fourth-order valence-corrected chi connectivity index (χ4v) is 3.68. The van der Waals surface area contributed by atoms with Gasteiger partial charge in [-0.3, -0.25) is 10.6 Å². The van der Waals surface area contributed by atoms with E-state index in [0.29, 0.717) is 8.64 Å². The van der Waals surface area contributed by atoms with Crippen LogP contribution in [0.15, 0.2) is 0 Å². The molecule has 4 nitrogen and oxygen atoms in total. The van der Waals surface area contributed by atoms with E-state index in [0.717, 1.165) is 25.9 Å². The van der Waals surface area contributed by atoms with Gasteiger partial charge in [0.05, 0.1) is 11.3 Å². The van der Waals surface area contributed by atoms with Crippen molar-refractivity contribution in [3.8, 4) is 0 Å². The smallest absolute Gasteiger partial charge is 0.412 e. The molecule has 2 aliphatic rings. The zero-order chi connectivity index (χ0) is 16.6.